The zero-order valence-electron chi connectivity index (χ0n) is 19.4. The maximum Gasteiger partial charge on any atom is 0.240 e. The highest BCUT2D eigenvalue weighted by atomic mass is 32.2. The molecular weight excluding hydrogens is 438 g/mol. The summed E-state index contributed by atoms with van der Waals surface area (Å²) in [6.45, 7) is 6.33. The van der Waals surface area contributed by atoms with Crippen molar-refractivity contribution in [2.45, 2.75) is 69.4 Å². The third kappa shape index (κ3) is 5.13. The fourth-order valence-corrected chi connectivity index (χ4v) is 5.45. The molecule has 0 unspecified atom stereocenters. The van der Waals surface area contributed by atoms with Gasteiger partial charge in [0.05, 0.1) is 10.6 Å². The van der Waals surface area contributed by atoms with Gasteiger partial charge in [0.25, 0.3) is 0 Å². The molecule has 0 radical (unpaired) electrons. The lowest BCUT2D eigenvalue weighted by molar-refractivity contribution is 0.410. The van der Waals surface area contributed by atoms with Crippen molar-refractivity contribution >= 4 is 32.9 Å². The van der Waals surface area contributed by atoms with Crippen LogP contribution in [0.2, 0.25) is 0 Å². The molecule has 0 atom stereocenters. The van der Waals surface area contributed by atoms with Crippen LogP contribution in [0, 0.1) is 0 Å². The second-order valence-electron chi connectivity index (χ2n) is 8.90. The molecule has 3 aromatic rings. The van der Waals surface area contributed by atoms with E-state index in [1.807, 2.05) is 12.3 Å². The lowest BCUT2D eigenvalue weighted by Crippen LogP contribution is -2.33. The second-order valence-corrected chi connectivity index (χ2v) is 10.7. The van der Waals surface area contributed by atoms with E-state index in [2.05, 4.69) is 34.2 Å². The molecule has 2 heterocycles. The van der Waals surface area contributed by atoms with Crippen LogP contribution in [0.15, 0.2) is 41.6 Å². The van der Waals surface area contributed by atoms with Crippen molar-refractivity contribution in [1.29, 1.82) is 0 Å². The molecular formula is C23H33N7O2S. The lowest BCUT2D eigenvalue weighted by atomic mass is 9.91. The van der Waals surface area contributed by atoms with E-state index in [4.69, 9.17) is 10.8 Å². The van der Waals surface area contributed by atoms with Crippen molar-refractivity contribution in [3.05, 3.63) is 42.2 Å². The largest absolute Gasteiger partial charge is 0.366 e. The smallest absolute Gasteiger partial charge is 0.240 e. The van der Waals surface area contributed by atoms with Gasteiger partial charge in [-0.3, -0.25) is 0 Å². The van der Waals surface area contributed by atoms with Crippen molar-refractivity contribution in [2.75, 3.05) is 17.2 Å². The van der Waals surface area contributed by atoms with Gasteiger partial charge >= 0.3 is 0 Å². The number of nitrogens with one attached hydrogen (secondary N) is 3. The van der Waals surface area contributed by atoms with Crippen LogP contribution >= 0.6 is 0 Å². The number of sulfonamides is 1. The summed E-state index contributed by atoms with van der Waals surface area (Å²) >= 11 is 0. The Morgan fingerprint density at radius 1 is 1.21 bits per heavy atom. The molecule has 0 bridgehead atoms. The highest BCUT2D eigenvalue weighted by Gasteiger charge is 2.24. The van der Waals surface area contributed by atoms with Crippen LogP contribution in [0.5, 0.6) is 0 Å². The van der Waals surface area contributed by atoms with Crippen LogP contribution in [0.3, 0.4) is 0 Å². The summed E-state index contributed by atoms with van der Waals surface area (Å²) in [5.41, 5.74) is 9.28. The minimum absolute atomic E-state index is 0.156. The third-order valence-corrected chi connectivity index (χ3v) is 7.56. The first-order chi connectivity index (χ1) is 15.8. The Morgan fingerprint density at radius 3 is 2.67 bits per heavy atom. The standard InChI is InChI=1S/C23H33N7O2S/c1-4-26-33(31,32)19-7-5-6-18(14-19)27-21-20(15(2)3)22(29-30-13-12-25-23(21)30)28-17-10-8-16(24)9-11-17/h5-7,12-17,26-27H,4,8-11,24H2,1-3H3,(H,28,29). The molecule has 178 valence electrons. The predicted octanol–water partition coefficient (Wildman–Crippen LogP) is 3.58. The maximum atomic E-state index is 12.5. The molecule has 0 amide bonds. The summed E-state index contributed by atoms with van der Waals surface area (Å²) in [6.07, 6.45) is 7.55. The van der Waals surface area contributed by atoms with E-state index in [0.717, 1.165) is 42.8 Å². The van der Waals surface area contributed by atoms with Gasteiger partial charge in [0.1, 0.15) is 0 Å². The highest BCUT2D eigenvalue weighted by molar-refractivity contribution is 7.89. The predicted molar refractivity (Wildman–Crippen MR) is 132 cm³/mol. The normalized spacial score (nSPS) is 19.2. The van der Waals surface area contributed by atoms with Gasteiger partial charge in [-0.2, -0.15) is 0 Å². The van der Waals surface area contributed by atoms with Crippen molar-refractivity contribution in [1.82, 2.24) is 19.3 Å². The molecule has 5 N–H and O–H groups in total. The molecule has 1 aliphatic rings. The van der Waals surface area contributed by atoms with Crippen molar-refractivity contribution < 1.29 is 8.42 Å². The minimum atomic E-state index is -3.56. The quantitative estimate of drug-likeness (QED) is 0.395. The molecule has 1 saturated carbocycles. The zero-order valence-corrected chi connectivity index (χ0v) is 20.2. The number of hydrogen-bond donors (Lipinski definition) is 4. The van der Waals surface area contributed by atoms with Gasteiger partial charge in [-0.25, -0.2) is 22.6 Å². The van der Waals surface area contributed by atoms with E-state index < -0.39 is 10.0 Å². The number of fused-ring (bicyclic) bond motifs is 1. The average Bonchev–Trinajstić information content (AvgIpc) is 3.24. The van der Waals surface area contributed by atoms with Crippen LogP contribution in [0.4, 0.5) is 17.2 Å². The first-order valence-corrected chi connectivity index (χ1v) is 13.0. The number of anilines is 3. The fourth-order valence-electron chi connectivity index (χ4n) is 4.36. The first kappa shape index (κ1) is 23.5. The Kier molecular flexibility index (Phi) is 6.87. The Hall–Kier alpha value is -2.69. The number of aromatic nitrogens is 3. The van der Waals surface area contributed by atoms with Crippen LogP contribution in [0.25, 0.3) is 5.65 Å². The maximum absolute atomic E-state index is 12.5. The van der Waals surface area contributed by atoms with Gasteiger partial charge in [0, 0.05) is 42.3 Å². The molecule has 33 heavy (non-hydrogen) atoms. The minimum Gasteiger partial charge on any atom is -0.366 e. The van der Waals surface area contributed by atoms with E-state index in [9.17, 15) is 8.42 Å². The van der Waals surface area contributed by atoms with Gasteiger partial charge in [-0.1, -0.05) is 26.8 Å². The molecule has 4 rings (SSSR count). The number of rotatable bonds is 8. The second kappa shape index (κ2) is 9.66. The molecule has 0 saturated heterocycles. The summed E-state index contributed by atoms with van der Waals surface area (Å²) in [7, 11) is -3.56. The van der Waals surface area contributed by atoms with Crippen LogP contribution in [-0.2, 0) is 10.0 Å². The van der Waals surface area contributed by atoms with Gasteiger partial charge < -0.3 is 16.4 Å². The molecule has 9 nitrogen and oxygen atoms in total. The summed E-state index contributed by atoms with van der Waals surface area (Å²) < 4.78 is 29.3. The summed E-state index contributed by atoms with van der Waals surface area (Å²) in [5.74, 6) is 0.971. The van der Waals surface area contributed by atoms with Crippen molar-refractivity contribution in [3.63, 3.8) is 0 Å². The molecule has 2 aromatic heterocycles. The number of hydrogen-bond acceptors (Lipinski definition) is 7. The average molecular weight is 472 g/mol. The van der Waals surface area contributed by atoms with E-state index in [0.29, 0.717) is 23.9 Å². The van der Waals surface area contributed by atoms with Crippen molar-refractivity contribution in [3.8, 4) is 0 Å². The van der Waals surface area contributed by atoms with Gasteiger partial charge in [-0.05, 0) is 49.8 Å². The number of imidazole rings is 1. The summed E-state index contributed by atoms with van der Waals surface area (Å²) in [5, 5.41) is 11.9. The Labute approximate surface area is 195 Å². The van der Waals surface area contributed by atoms with Gasteiger partial charge in [-0.15, -0.1) is 5.10 Å². The Bertz CT molecular complexity index is 1210. The fraction of sp³-hybridized carbons (Fsp3) is 0.478. The molecule has 0 aliphatic heterocycles. The highest BCUT2D eigenvalue weighted by Crippen LogP contribution is 2.36. The van der Waals surface area contributed by atoms with E-state index in [1.165, 1.54) is 0 Å². The number of nitrogens with two attached hydrogens (primary N) is 1. The van der Waals surface area contributed by atoms with Crippen LogP contribution < -0.4 is 21.1 Å². The Balaban J connectivity index is 1.74. The monoisotopic (exact) mass is 471 g/mol. The molecule has 1 fully saturated rings. The topological polar surface area (TPSA) is 126 Å². The van der Waals surface area contributed by atoms with Crippen molar-refractivity contribution in [2.24, 2.45) is 5.73 Å². The lowest BCUT2D eigenvalue weighted by Gasteiger charge is -2.29. The van der Waals surface area contributed by atoms with Crippen LogP contribution in [-0.4, -0.2) is 41.6 Å². The molecule has 1 aliphatic carbocycles. The first-order valence-electron chi connectivity index (χ1n) is 11.5. The van der Waals surface area contributed by atoms with Gasteiger partial charge in [0.15, 0.2) is 11.5 Å². The molecule has 0 spiro atoms. The number of nitrogens with zero attached hydrogens (tertiary/aromatic N) is 3. The van der Waals surface area contributed by atoms with E-state index in [-0.39, 0.29) is 16.9 Å². The van der Waals surface area contributed by atoms with E-state index in [1.54, 1.807) is 35.8 Å². The third-order valence-electron chi connectivity index (χ3n) is 6.02. The number of benzene rings is 1. The summed E-state index contributed by atoms with van der Waals surface area (Å²) in [6, 6.07) is 7.40. The molecule has 1 aromatic carbocycles. The SMILES string of the molecule is CCNS(=O)(=O)c1cccc(Nc2c(C(C)C)c(NC3CCC(N)CC3)nn3ccnc23)c1. The van der Waals surface area contributed by atoms with Gasteiger partial charge in [0.2, 0.25) is 10.0 Å². The van der Waals surface area contributed by atoms with Crippen LogP contribution in [0.1, 0.15) is 57.9 Å². The summed E-state index contributed by atoms with van der Waals surface area (Å²) in [4.78, 5) is 4.73. The zero-order chi connectivity index (χ0) is 23.6. The molecule has 10 heteroatoms. The Morgan fingerprint density at radius 2 is 1.97 bits per heavy atom. The van der Waals surface area contributed by atoms with E-state index >= 15 is 0 Å².